The maximum Gasteiger partial charge on any atom is 0.185 e. The fraction of sp³-hybridized carbons (Fsp3) is 0.357. The summed E-state index contributed by atoms with van der Waals surface area (Å²) in [6.45, 7) is 3.15. The van der Waals surface area contributed by atoms with Gasteiger partial charge in [0, 0.05) is 24.7 Å². The predicted octanol–water partition coefficient (Wildman–Crippen LogP) is 3.52. The summed E-state index contributed by atoms with van der Waals surface area (Å²) in [5.74, 6) is 0. The minimum atomic E-state index is 1.06. The van der Waals surface area contributed by atoms with Crippen molar-refractivity contribution in [2.75, 3.05) is 18.5 Å². The van der Waals surface area contributed by atoms with Gasteiger partial charge in [-0.05, 0) is 25.3 Å². The van der Waals surface area contributed by atoms with Crippen LogP contribution >= 0.6 is 11.3 Å². The zero-order valence-corrected chi connectivity index (χ0v) is 11.2. The summed E-state index contributed by atoms with van der Waals surface area (Å²) in [5.41, 5.74) is 1.41. The lowest BCUT2D eigenvalue weighted by Crippen LogP contribution is -2.18. The lowest BCUT2D eigenvalue weighted by Gasteiger charge is -2.15. The van der Waals surface area contributed by atoms with Crippen molar-refractivity contribution in [1.29, 1.82) is 0 Å². The summed E-state index contributed by atoms with van der Waals surface area (Å²) in [5, 5.41) is 1.12. The van der Waals surface area contributed by atoms with Gasteiger partial charge in [-0.15, -0.1) is 11.3 Å². The van der Waals surface area contributed by atoms with Gasteiger partial charge in [0.25, 0.3) is 0 Å². The second-order valence-corrected chi connectivity index (χ2v) is 5.48. The van der Waals surface area contributed by atoms with Crippen LogP contribution in [-0.2, 0) is 6.42 Å². The SMILES string of the molecule is Cc1cnc(N(C)CCCc2ccccc2)s1. The Morgan fingerprint density at radius 2 is 2.00 bits per heavy atom. The van der Waals surface area contributed by atoms with Gasteiger partial charge in [0.05, 0.1) is 0 Å². The minimum Gasteiger partial charge on any atom is -0.351 e. The highest BCUT2D eigenvalue weighted by molar-refractivity contribution is 7.15. The van der Waals surface area contributed by atoms with Crippen LogP contribution in [-0.4, -0.2) is 18.6 Å². The summed E-state index contributed by atoms with van der Waals surface area (Å²) in [4.78, 5) is 7.90. The van der Waals surface area contributed by atoms with Gasteiger partial charge in [0.1, 0.15) is 0 Å². The van der Waals surface area contributed by atoms with E-state index in [4.69, 9.17) is 0 Å². The molecule has 0 N–H and O–H groups in total. The maximum atomic E-state index is 4.39. The van der Waals surface area contributed by atoms with Crippen LogP contribution in [0.15, 0.2) is 36.5 Å². The Balaban J connectivity index is 1.79. The van der Waals surface area contributed by atoms with Crippen molar-refractivity contribution in [2.45, 2.75) is 19.8 Å². The van der Waals surface area contributed by atoms with Gasteiger partial charge in [0.15, 0.2) is 5.13 Å². The highest BCUT2D eigenvalue weighted by atomic mass is 32.1. The average Bonchev–Trinajstić information content (AvgIpc) is 2.77. The number of thiazole rings is 1. The molecule has 2 nitrogen and oxygen atoms in total. The molecule has 0 atom stereocenters. The van der Waals surface area contributed by atoms with Crippen molar-refractivity contribution in [1.82, 2.24) is 4.98 Å². The van der Waals surface area contributed by atoms with Crippen LogP contribution in [0.5, 0.6) is 0 Å². The number of anilines is 1. The highest BCUT2D eigenvalue weighted by Gasteiger charge is 2.04. The first-order chi connectivity index (χ1) is 8.25. The third-order valence-corrected chi connectivity index (χ3v) is 3.76. The molecule has 0 fully saturated rings. The lowest BCUT2D eigenvalue weighted by molar-refractivity contribution is 0.783. The van der Waals surface area contributed by atoms with Gasteiger partial charge in [0.2, 0.25) is 0 Å². The average molecular weight is 246 g/mol. The van der Waals surface area contributed by atoms with Crippen molar-refractivity contribution in [3.8, 4) is 0 Å². The van der Waals surface area contributed by atoms with Gasteiger partial charge >= 0.3 is 0 Å². The molecule has 0 radical (unpaired) electrons. The molecule has 0 aliphatic heterocycles. The third-order valence-electron chi connectivity index (χ3n) is 2.74. The molecule has 0 aliphatic carbocycles. The molecule has 0 unspecified atom stereocenters. The van der Waals surface area contributed by atoms with E-state index < -0.39 is 0 Å². The van der Waals surface area contributed by atoms with Crippen LogP contribution in [0.4, 0.5) is 5.13 Å². The molecule has 0 aliphatic rings. The Kier molecular flexibility index (Phi) is 4.15. The summed E-state index contributed by atoms with van der Waals surface area (Å²) in [7, 11) is 2.11. The van der Waals surface area contributed by atoms with Crippen LogP contribution in [0.3, 0.4) is 0 Å². The van der Waals surface area contributed by atoms with Crippen molar-refractivity contribution in [3.63, 3.8) is 0 Å². The summed E-state index contributed by atoms with van der Waals surface area (Å²) in [6, 6.07) is 10.6. The van der Waals surface area contributed by atoms with Crippen LogP contribution in [0, 0.1) is 6.92 Å². The Morgan fingerprint density at radius 1 is 1.24 bits per heavy atom. The fourth-order valence-electron chi connectivity index (χ4n) is 1.78. The zero-order chi connectivity index (χ0) is 12.1. The molecule has 0 bridgehead atoms. The smallest absolute Gasteiger partial charge is 0.185 e. The van der Waals surface area contributed by atoms with Crippen LogP contribution in [0.2, 0.25) is 0 Å². The molecule has 1 aromatic carbocycles. The number of aromatic nitrogens is 1. The summed E-state index contributed by atoms with van der Waals surface area (Å²) in [6.07, 6.45) is 4.24. The fourth-order valence-corrected chi connectivity index (χ4v) is 2.53. The standard InChI is InChI=1S/C14H18N2S/c1-12-11-15-14(17-12)16(2)10-6-9-13-7-4-3-5-8-13/h3-5,7-8,11H,6,9-10H2,1-2H3. The van der Waals surface area contributed by atoms with Crippen molar-refractivity contribution in [2.24, 2.45) is 0 Å². The number of nitrogens with zero attached hydrogens (tertiary/aromatic N) is 2. The predicted molar refractivity (Wildman–Crippen MR) is 74.9 cm³/mol. The van der Waals surface area contributed by atoms with Gasteiger partial charge in [-0.25, -0.2) is 4.98 Å². The van der Waals surface area contributed by atoms with E-state index in [1.807, 2.05) is 6.20 Å². The second-order valence-electron chi connectivity index (χ2n) is 4.26. The third kappa shape index (κ3) is 3.56. The topological polar surface area (TPSA) is 16.1 Å². The first-order valence-electron chi connectivity index (χ1n) is 5.93. The molecule has 3 heteroatoms. The van der Waals surface area contributed by atoms with E-state index in [1.165, 1.54) is 16.9 Å². The zero-order valence-electron chi connectivity index (χ0n) is 10.4. The van der Waals surface area contributed by atoms with E-state index in [1.54, 1.807) is 11.3 Å². The molecular weight excluding hydrogens is 228 g/mol. The molecule has 2 rings (SSSR count). The molecule has 90 valence electrons. The van der Waals surface area contributed by atoms with E-state index in [0.717, 1.165) is 18.1 Å². The second kappa shape index (κ2) is 5.82. The first kappa shape index (κ1) is 12.1. The molecule has 1 heterocycles. The first-order valence-corrected chi connectivity index (χ1v) is 6.75. The minimum absolute atomic E-state index is 1.06. The van der Waals surface area contributed by atoms with Gasteiger partial charge in [-0.2, -0.15) is 0 Å². The Bertz CT molecular complexity index is 450. The molecule has 0 saturated heterocycles. The van der Waals surface area contributed by atoms with E-state index in [-0.39, 0.29) is 0 Å². The normalized spacial score (nSPS) is 10.5. The molecule has 1 aromatic heterocycles. The molecular formula is C14H18N2S. The Labute approximate surface area is 107 Å². The van der Waals surface area contributed by atoms with Crippen molar-refractivity contribution in [3.05, 3.63) is 47.0 Å². The van der Waals surface area contributed by atoms with E-state index in [0.29, 0.717) is 0 Å². The van der Waals surface area contributed by atoms with E-state index >= 15 is 0 Å². The molecule has 0 amide bonds. The Hall–Kier alpha value is -1.35. The van der Waals surface area contributed by atoms with Gasteiger partial charge in [-0.1, -0.05) is 30.3 Å². The van der Waals surface area contributed by atoms with E-state index in [9.17, 15) is 0 Å². The number of rotatable bonds is 5. The largest absolute Gasteiger partial charge is 0.351 e. The molecule has 2 aromatic rings. The molecule has 0 spiro atoms. The lowest BCUT2D eigenvalue weighted by atomic mass is 10.1. The maximum absolute atomic E-state index is 4.39. The van der Waals surface area contributed by atoms with Crippen LogP contribution in [0.25, 0.3) is 0 Å². The number of hydrogen-bond donors (Lipinski definition) is 0. The monoisotopic (exact) mass is 246 g/mol. The summed E-state index contributed by atoms with van der Waals surface area (Å²) >= 11 is 1.76. The molecule has 0 saturated carbocycles. The van der Waals surface area contributed by atoms with Crippen molar-refractivity contribution >= 4 is 16.5 Å². The molecule has 17 heavy (non-hydrogen) atoms. The van der Waals surface area contributed by atoms with Crippen LogP contribution in [0.1, 0.15) is 16.9 Å². The van der Waals surface area contributed by atoms with Gasteiger partial charge < -0.3 is 4.90 Å². The Morgan fingerprint density at radius 3 is 2.65 bits per heavy atom. The number of hydrogen-bond acceptors (Lipinski definition) is 3. The van der Waals surface area contributed by atoms with Crippen molar-refractivity contribution < 1.29 is 0 Å². The number of benzene rings is 1. The quantitative estimate of drug-likeness (QED) is 0.802. The van der Waals surface area contributed by atoms with Gasteiger partial charge in [-0.3, -0.25) is 0 Å². The summed E-state index contributed by atoms with van der Waals surface area (Å²) < 4.78 is 0. The highest BCUT2D eigenvalue weighted by Crippen LogP contribution is 2.20. The van der Waals surface area contributed by atoms with Crippen LogP contribution < -0.4 is 4.90 Å². The number of aryl methyl sites for hydroxylation is 2. The van der Waals surface area contributed by atoms with E-state index in [2.05, 4.69) is 54.2 Å².